The van der Waals surface area contributed by atoms with Crippen molar-refractivity contribution < 1.29 is 14.3 Å². The maximum Gasteiger partial charge on any atom is 0.227 e. The molecule has 0 radical (unpaired) electrons. The number of hydrogen-bond acceptors (Lipinski definition) is 5. The summed E-state index contributed by atoms with van der Waals surface area (Å²) in [7, 11) is 1.85. The zero-order chi connectivity index (χ0) is 22.2. The quantitative estimate of drug-likeness (QED) is 0.639. The van der Waals surface area contributed by atoms with E-state index in [0.717, 1.165) is 47.7 Å². The molecule has 6 heteroatoms. The number of anilines is 1. The van der Waals surface area contributed by atoms with Crippen LogP contribution in [0.1, 0.15) is 30.9 Å². The summed E-state index contributed by atoms with van der Waals surface area (Å²) in [6.07, 6.45) is 2.43. The first-order valence-corrected chi connectivity index (χ1v) is 10.9. The van der Waals surface area contributed by atoms with Crippen LogP contribution in [0.3, 0.4) is 0 Å². The van der Waals surface area contributed by atoms with E-state index in [9.17, 15) is 4.79 Å². The van der Waals surface area contributed by atoms with Crippen molar-refractivity contribution in [2.24, 2.45) is 11.7 Å². The highest BCUT2D eigenvalue weighted by atomic mass is 16.5. The summed E-state index contributed by atoms with van der Waals surface area (Å²) in [6, 6.07) is 13.5. The molecule has 1 aliphatic heterocycles. The minimum atomic E-state index is 0.155. The van der Waals surface area contributed by atoms with Gasteiger partial charge in [-0.05, 0) is 49.6 Å². The minimum Gasteiger partial charge on any atom is -0.494 e. The van der Waals surface area contributed by atoms with Crippen LogP contribution in [0.25, 0.3) is 5.70 Å². The van der Waals surface area contributed by atoms with E-state index in [-0.39, 0.29) is 11.8 Å². The molecular weight excluding hydrogens is 390 g/mol. The van der Waals surface area contributed by atoms with Gasteiger partial charge in [0, 0.05) is 37.4 Å². The first kappa shape index (κ1) is 22.5. The lowest BCUT2D eigenvalue weighted by Crippen LogP contribution is -2.42. The molecule has 166 valence electrons. The van der Waals surface area contributed by atoms with Crippen LogP contribution in [0.2, 0.25) is 0 Å². The van der Waals surface area contributed by atoms with Gasteiger partial charge in [-0.2, -0.15) is 0 Å². The maximum atomic E-state index is 12.8. The Balaban J connectivity index is 1.57. The van der Waals surface area contributed by atoms with E-state index in [4.69, 9.17) is 15.2 Å². The van der Waals surface area contributed by atoms with Crippen molar-refractivity contribution in [1.29, 1.82) is 0 Å². The molecule has 1 heterocycles. The van der Waals surface area contributed by atoms with Crippen molar-refractivity contribution in [3.8, 4) is 11.5 Å². The number of likely N-dealkylation sites (tertiary alicyclic amines) is 1. The number of nitrogens with one attached hydrogen (secondary N) is 1. The molecule has 3 N–H and O–H groups in total. The standard InChI is InChI=1S/C25H33N3O3/c1-4-30-21-12-10-19(11-13-21)15-24(29)28-14-6-7-20(16-28)17-31-23-9-5-8-22(27-3)25(23)18(2)26/h5,8-13,20,27H,2,4,6-7,14-17,26H2,1,3H3. The van der Waals surface area contributed by atoms with Gasteiger partial charge in [0.15, 0.2) is 0 Å². The molecule has 3 rings (SSSR count). The molecule has 1 unspecified atom stereocenters. The summed E-state index contributed by atoms with van der Waals surface area (Å²) in [4.78, 5) is 14.8. The van der Waals surface area contributed by atoms with Gasteiger partial charge in [-0.3, -0.25) is 4.79 Å². The molecule has 2 aromatic carbocycles. The van der Waals surface area contributed by atoms with Gasteiger partial charge in [0.1, 0.15) is 11.5 Å². The van der Waals surface area contributed by atoms with Gasteiger partial charge >= 0.3 is 0 Å². The summed E-state index contributed by atoms with van der Waals surface area (Å²) in [5.41, 5.74) is 9.14. The molecule has 1 atom stereocenters. The van der Waals surface area contributed by atoms with Crippen LogP contribution in [0.4, 0.5) is 5.69 Å². The number of amides is 1. The van der Waals surface area contributed by atoms with Gasteiger partial charge in [0.2, 0.25) is 5.91 Å². The molecule has 1 aliphatic rings. The molecular formula is C25H33N3O3. The molecule has 6 nitrogen and oxygen atoms in total. The Labute approximate surface area is 185 Å². The molecule has 0 bridgehead atoms. The van der Waals surface area contributed by atoms with Crippen LogP contribution in [0, 0.1) is 5.92 Å². The number of benzene rings is 2. The minimum absolute atomic E-state index is 0.155. The first-order chi connectivity index (χ1) is 15.0. The lowest BCUT2D eigenvalue weighted by molar-refractivity contribution is -0.132. The van der Waals surface area contributed by atoms with Crippen molar-refractivity contribution in [2.75, 3.05) is 38.7 Å². The van der Waals surface area contributed by atoms with E-state index in [2.05, 4.69) is 11.9 Å². The molecule has 1 fully saturated rings. The van der Waals surface area contributed by atoms with Crippen LogP contribution in [0.15, 0.2) is 49.0 Å². The Morgan fingerprint density at radius 1 is 1.23 bits per heavy atom. The average Bonchev–Trinajstić information content (AvgIpc) is 2.78. The molecule has 1 saturated heterocycles. The van der Waals surface area contributed by atoms with Crippen LogP contribution < -0.4 is 20.5 Å². The van der Waals surface area contributed by atoms with E-state index in [1.807, 2.05) is 61.3 Å². The SMILES string of the molecule is C=C(N)c1c(NC)cccc1OCC1CCCN(C(=O)Cc2ccc(OCC)cc2)C1. The molecule has 31 heavy (non-hydrogen) atoms. The van der Waals surface area contributed by atoms with Gasteiger partial charge in [0.25, 0.3) is 0 Å². The van der Waals surface area contributed by atoms with Gasteiger partial charge < -0.3 is 25.4 Å². The largest absolute Gasteiger partial charge is 0.494 e. The molecule has 0 spiro atoms. The van der Waals surface area contributed by atoms with Gasteiger partial charge in [0.05, 0.1) is 25.2 Å². The summed E-state index contributed by atoms with van der Waals surface area (Å²) >= 11 is 0. The fraction of sp³-hybridized carbons (Fsp3) is 0.400. The third-order valence-electron chi connectivity index (χ3n) is 5.55. The number of carbonyl (C=O) groups is 1. The summed E-state index contributed by atoms with van der Waals surface area (Å²) in [5, 5.41) is 3.13. The van der Waals surface area contributed by atoms with E-state index in [0.29, 0.717) is 31.9 Å². The Morgan fingerprint density at radius 3 is 2.68 bits per heavy atom. The first-order valence-electron chi connectivity index (χ1n) is 10.9. The number of ether oxygens (including phenoxy) is 2. The highest BCUT2D eigenvalue weighted by molar-refractivity contribution is 5.79. The third-order valence-corrected chi connectivity index (χ3v) is 5.55. The molecule has 0 aliphatic carbocycles. The van der Waals surface area contributed by atoms with Crippen molar-refractivity contribution in [3.05, 3.63) is 60.2 Å². The Hall–Kier alpha value is -3.15. The van der Waals surface area contributed by atoms with Gasteiger partial charge in [-0.25, -0.2) is 0 Å². The fourth-order valence-electron chi connectivity index (χ4n) is 3.98. The smallest absolute Gasteiger partial charge is 0.227 e. The summed E-state index contributed by atoms with van der Waals surface area (Å²) in [6.45, 7) is 8.52. The topological polar surface area (TPSA) is 76.8 Å². The van der Waals surface area contributed by atoms with Crippen molar-refractivity contribution >= 4 is 17.3 Å². The molecule has 0 aromatic heterocycles. The van der Waals surface area contributed by atoms with E-state index in [1.54, 1.807) is 0 Å². The number of carbonyl (C=O) groups excluding carboxylic acids is 1. The second-order valence-corrected chi connectivity index (χ2v) is 7.87. The van der Waals surface area contributed by atoms with Crippen molar-refractivity contribution in [3.63, 3.8) is 0 Å². The normalized spacial score (nSPS) is 15.9. The van der Waals surface area contributed by atoms with E-state index in [1.165, 1.54) is 0 Å². The molecule has 2 aromatic rings. The highest BCUT2D eigenvalue weighted by Crippen LogP contribution is 2.31. The lowest BCUT2D eigenvalue weighted by atomic mass is 9.98. The van der Waals surface area contributed by atoms with E-state index < -0.39 is 0 Å². The predicted octanol–water partition coefficient (Wildman–Crippen LogP) is 3.92. The Bertz CT molecular complexity index is 895. The van der Waals surface area contributed by atoms with Crippen LogP contribution >= 0.6 is 0 Å². The van der Waals surface area contributed by atoms with Gasteiger partial charge in [-0.15, -0.1) is 0 Å². The Kier molecular flexibility index (Phi) is 7.82. The van der Waals surface area contributed by atoms with E-state index >= 15 is 0 Å². The van der Waals surface area contributed by atoms with Crippen molar-refractivity contribution in [1.82, 2.24) is 4.90 Å². The van der Waals surface area contributed by atoms with Crippen LogP contribution in [0.5, 0.6) is 11.5 Å². The second kappa shape index (κ2) is 10.8. The number of rotatable bonds is 9. The van der Waals surface area contributed by atoms with Gasteiger partial charge in [-0.1, -0.05) is 24.8 Å². The zero-order valence-electron chi connectivity index (χ0n) is 18.5. The number of nitrogens with two attached hydrogens (primary N) is 1. The van der Waals surface area contributed by atoms with Crippen LogP contribution in [-0.4, -0.2) is 44.2 Å². The monoisotopic (exact) mass is 423 g/mol. The fourth-order valence-corrected chi connectivity index (χ4v) is 3.98. The number of nitrogens with zero attached hydrogens (tertiary/aromatic N) is 1. The predicted molar refractivity (Wildman–Crippen MR) is 125 cm³/mol. The average molecular weight is 424 g/mol. The number of hydrogen-bond donors (Lipinski definition) is 2. The zero-order valence-corrected chi connectivity index (χ0v) is 18.5. The molecule has 0 saturated carbocycles. The highest BCUT2D eigenvalue weighted by Gasteiger charge is 2.24. The second-order valence-electron chi connectivity index (χ2n) is 7.87. The summed E-state index contributed by atoms with van der Waals surface area (Å²) < 4.78 is 11.6. The number of piperidine rings is 1. The van der Waals surface area contributed by atoms with Crippen molar-refractivity contribution in [2.45, 2.75) is 26.2 Å². The summed E-state index contributed by atoms with van der Waals surface area (Å²) in [5.74, 6) is 1.99. The van der Waals surface area contributed by atoms with Crippen LogP contribution in [-0.2, 0) is 11.2 Å². The maximum absolute atomic E-state index is 12.8. The third kappa shape index (κ3) is 5.94. The Morgan fingerprint density at radius 2 is 2.00 bits per heavy atom. The molecule has 1 amide bonds. The lowest BCUT2D eigenvalue weighted by Gasteiger charge is -2.33.